The SMILES string of the molecule is COc1ccc(NC(=O)CCCn2nnc3cc(S(=O)(=O)N(C)C)ccc32)cc1Cl. The van der Waals surface area contributed by atoms with Gasteiger partial charge in [0.05, 0.1) is 22.5 Å². The Hall–Kier alpha value is -2.69. The summed E-state index contributed by atoms with van der Waals surface area (Å²) >= 11 is 6.06. The van der Waals surface area contributed by atoms with Crippen LogP contribution in [-0.2, 0) is 21.4 Å². The van der Waals surface area contributed by atoms with E-state index in [9.17, 15) is 13.2 Å². The van der Waals surface area contributed by atoms with Gasteiger partial charge in [-0.15, -0.1) is 5.10 Å². The topological polar surface area (TPSA) is 106 Å². The van der Waals surface area contributed by atoms with Crippen LogP contribution in [0.3, 0.4) is 0 Å². The summed E-state index contributed by atoms with van der Waals surface area (Å²) in [7, 11) is 0.932. The highest BCUT2D eigenvalue weighted by atomic mass is 35.5. The Balaban J connectivity index is 1.61. The number of aryl methyl sites for hydroxylation is 1. The second kappa shape index (κ2) is 8.99. The lowest BCUT2D eigenvalue weighted by atomic mass is 10.2. The smallest absolute Gasteiger partial charge is 0.242 e. The van der Waals surface area contributed by atoms with Gasteiger partial charge in [0.2, 0.25) is 15.9 Å². The van der Waals surface area contributed by atoms with Crippen LogP contribution in [-0.4, -0.2) is 54.8 Å². The minimum absolute atomic E-state index is 0.153. The van der Waals surface area contributed by atoms with Crippen LogP contribution in [0.4, 0.5) is 5.69 Å². The molecule has 0 aliphatic rings. The number of carbonyl (C=O) groups is 1. The molecule has 1 amide bonds. The Morgan fingerprint density at radius 1 is 1.23 bits per heavy atom. The lowest BCUT2D eigenvalue weighted by molar-refractivity contribution is -0.116. The Labute approximate surface area is 179 Å². The number of sulfonamides is 1. The van der Waals surface area contributed by atoms with Crippen LogP contribution in [0.25, 0.3) is 11.0 Å². The molecule has 160 valence electrons. The highest BCUT2D eigenvalue weighted by Gasteiger charge is 2.18. The second-order valence-corrected chi connectivity index (χ2v) is 9.31. The molecule has 0 saturated heterocycles. The van der Waals surface area contributed by atoms with E-state index in [0.717, 1.165) is 4.31 Å². The first-order valence-electron chi connectivity index (χ1n) is 9.11. The van der Waals surface area contributed by atoms with Crippen molar-refractivity contribution in [3.05, 3.63) is 41.4 Å². The van der Waals surface area contributed by atoms with E-state index in [1.54, 1.807) is 28.9 Å². The Bertz CT molecular complexity index is 1180. The van der Waals surface area contributed by atoms with Crippen molar-refractivity contribution in [2.24, 2.45) is 0 Å². The number of anilines is 1. The van der Waals surface area contributed by atoms with Gasteiger partial charge < -0.3 is 10.1 Å². The zero-order valence-electron chi connectivity index (χ0n) is 16.8. The fourth-order valence-electron chi connectivity index (χ4n) is 2.85. The molecule has 11 heteroatoms. The monoisotopic (exact) mass is 451 g/mol. The summed E-state index contributed by atoms with van der Waals surface area (Å²) in [5.41, 5.74) is 1.77. The first-order chi connectivity index (χ1) is 14.2. The van der Waals surface area contributed by atoms with Gasteiger partial charge >= 0.3 is 0 Å². The largest absolute Gasteiger partial charge is 0.495 e. The lowest BCUT2D eigenvalue weighted by Crippen LogP contribution is -2.22. The van der Waals surface area contributed by atoms with E-state index in [2.05, 4.69) is 15.6 Å². The quantitative estimate of drug-likeness (QED) is 0.564. The summed E-state index contributed by atoms with van der Waals surface area (Å²) in [6, 6.07) is 9.72. The van der Waals surface area contributed by atoms with Crippen LogP contribution < -0.4 is 10.1 Å². The third kappa shape index (κ3) is 4.72. The van der Waals surface area contributed by atoms with E-state index in [-0.39, 0.29) is 17.2 Å². The van der Waals surface area contributed by atoms with Crippen LogP contribution in [0.15, 0.2) is 41.3 Å². The molecule has 1 aromatic heterocycles. The molecule has 0 fully saturated rings. The standard InChI is InChI=1S/C19H22ClN5O4S/c1-24(2)30(27,28)14-7-8-17-16(12-14)22-23-25(17)10-4-5-19(26)21-13-6-9-18(29-3)15(20)11-13/h6-9,11-12H,4-5,10H2,1-3H3,(H,21,26). The maximum atomic E-state index is 12.2. The number of methoxy groups -OCH3 is 1. The van der Waals surface area contributed by atoms with Crippen molar-refractivity contribution in [2.45, 2.75) is 24.3 Å². The van der Waals surface area contributed by atoms with Gasteiger partial charge in [0.25, 0.3) is 0 Å². The normalized spacial score (nSPS) is 11.8. The number of hydrogen-bond acceptors (Lipinski definition) is 6. The summed E-state index contributed by atoms with van der Waals surface area (Å²) in [5.74, 6) is 0.384. The molecule has 0 atom stereocenters. The number of carbonyl (C=O) groups excluding carboxylic acids is 1. The van der Waals surface area contributed by atoms with Crippen molar-refractivity contribution >= 4 is 44.3 Å². The number of rotatable bonds is 8. The number of halogens is 1. The summed E-state index contributed by atoms with van der Waals surface area (Å²) < 4.78 is 32.4. The molecule has 0 saturated carbocycles. The van der Waals surface area contributed by atoms with Crippen molar-refractivity contribution in [1.82, 2.24) is 19.3 Å². The summed E-state index contributed by atoms with van der Waals surface area (Å²) in [6.45, 7) is 0.465. The van der Waals surface area contributed by atoms with Gasteiger partial charge in [-0.1, -0.05) is 16.8 Å². The van der Waals surface area contributed by atoms with E-state index >= 15 is 0 Å². The van der Waals surface area contributed by atoms with Crippen molar-refractivity contribution in [3.63, 3.8) is 0 Å². The van der Waals surface area contributed by atoms with Crippen LogP contribution in [0, 0.1) is 0 Å². The molecule has 3 aromatic rings. The van der Waals surface area contributed by atoms with Crippen molar-refractivity contribution in [3.8, 4) is 5.75 Å². The predicted octanol–water partition coefficient (Wildman–Crippen LogP) is 2.76. The maximum Gasteiger partial charge on any atom is 0.242 e. The molecule has 3 rings (SSSR count). The minimum Gasteiger partial charge on any atom is -0.495 e. The molecular weight excluding hydrogens is 430 g/mol. The van der Waals surface area contributed by atoms with E-state index in [0.29, 0.717) is 40.5 Å². The molecule has 1 heterocycles. The zero-order valence-corrected chi connectivity index (χ0v) is 18.4. The number of amides is 1. The third-order valence-corrected chi connectivity index (χ3v) is 6.58. The number of aromatic nitrogens is 3. The molecule has 0 unspecified atom stereocenters. The molecule has 2 aromatic carbocycles. The van der Waals surface area contributed by atoms with Crippen LogP contribution in [0.1, 0.15) is 12.8 Å². The number of benzene rings is 2. The Morgan fingerprint density at radius 2 is 2.00 bits per heavy atom. The molecule has 0 radical (unpaired) electrons. The molecule has 0 aliphatic carbocycles. The van der Waals surface area contributed by atoms with E-state index < -0.39 is 10.0 Å². The lowest BCUT2D eigenvalue weighted by Gasteiger charge is -2.11. The first-order valence-corrected chi connectivity index (χ1v) is 10.9. The van der Waals surface area contributed by atoms with Crippen molar-refractivity contribution < 1.29 is 17.9 Å². The number of hydrogen-bond donors (Lipinski definition) is 1. The van der Waals surface area contributed by atoms with E-state index in [1.165, 1.54) is 33.3 Å². The predicted molar refractivity (Wildman–Crippen MR) is 114 cm³/mol. The molecule has 9 nitrogen and oxygen atoms in total. The summed E-state index contributed by atoms with van der Waals surface area (Å²) in [4.78, 5) is 12.3. The zero-order chi connectivity index (χ0) is 21.9. The molecule has 0 spiro atoms. The summed E-state index contributed by atoms with van der Waals surface area (Å²) in [5, 5.41) is 11.3. The van der Waals surface area contributed by atoms with Crippen molar-refractivity contribution in [1.29, 1.82) is 0 Å². The highest BCUT2D eigenvalue weighted by Crippen LogP contribution is 2.27. The molecule has 1 N–H and O–H groups in total. The van der Waals surface area contributed by atoms with E-state index in [4.69, 9.17) is 16.3 Å². The van der Waals surface area contributed by atoms with E-state index in [1.807, 2.05) is 0 Å². The fourth-order valence-corrected chi connectivity index (χ4v) is 4.03. The van der Waals surface area contributed by atoms with Gasteiger partial charge in [0, 0.05) is 32.7 Å². The number of fused-ring (bicyclic) bond motifs is 1. The Morgan fingerprint density at radius 3 is 2.67 bits per heavy atom. The van der Waals surface area contributed by atoms with Gasteiger partial charge in [-0.3, -0.25) is 4.79 Å². The van der Waals surface area contributed by atoms with Gasteiger partial charge in [0.1, 0.15) is 11.3 Å². The number of ether oxygens (including phenoxy) is 1. The average molecular weight is 452 g/mol. The first kappa shape index (κ1) is 22.0. The number of nitrogens with one attached hydrogen (secondary N) is 1. The van der Waals surface area contributed by atoms with Gasteiger partial charge in [-0.2, -0.15) is 0 Å². The molecule has 30 heavy (non-hydrogen) atoms. The van der Waals surface area contributed by atoms with Crippen LogP contribution in [0.2, 0.25) is 5.02 Å². The second-order valence-electron chi connectivity index (χ2n) is 6.75. The maximum absolute atomic E-state index is 12.2. The highest BCUT2D eigenvalue weighted by molar-refractivity contribution is 7.89. The van der Waals surface area contributed by atoms with Crippen LogP contribution in [0.5, 0.6) is 5.75 Å². The van der Waals surface area contributed by atoms with Gasteiger partial charge in [-0.05, 0) is 42.8 Å². The Kier molecular flexibility index (Phi) is 6.59. The fraction of sp³-hybridized carbons (Fsp3) is 0.316. The van der Waals surface area contributed by atoms with Gasteiger partial charge in [0.15, 0.2) is 0 Å². The third-order valence-electron chi connectivity index (χ3n) is 4.47. The number of nitrogens with zero attached hydrogens (tertiary/aromatic N) is 4. The average Bonchev–Trinajstić information content (AvgIpc) is 3.10. The molecular formula is C19H22ClN5O4S. The summed E-state index contributed by atoms with van der Waals surface area (Å²) in [6.07, 6.45) is 0.810. The minimum atomic E-state index is -3.54. The van der Waals surface area contributed by atoms with Crippen LogP contribution >= 0.6 is 11.6 Å². The van der Waals surface area contributed by atoms with Gasteiger partial charge in [-0.25, -0.2) is 17.4 Å². The van der Waals surface area contributed by atoms with Crippen molar-refractivity contribution in [2.75, 3.05) is 26.5 Å². The molecule has 0 bridgehead atoms. The molecule has 0 aliphatic heterocycles.